The average Bonchev–Trinajstić information content (AvgIpc) is 3.20. The van der Waals surface area contributed by atoms with Crippen molar-refractivity contribution in [2.45, 2.75) is 275 Å². The zero-order valence-electron chi connectivity index (χ0n) is 36.3. The van der Waals surface area contributed by atoms with E-state index in [0.29, 0.717) is 6.42 Å². The third-order valence-corrected chi connectivity index (χ3v) is 11.8. The first-order chi connectivity index (χ1) is 27.3. The van der Waals surface area contributed by atoms with Gasteiger partial charge in [0, 0.05) is 6.42 Å². The zero-order valence-corrected chi connectivity index (χ0v) is 36.3. The van der Waals surface area contributed by atoms with Gasteiger partial charge in [0.05, 0.1) is 25.4 Å². The lowest BCUT2D eigenvalue weighted by Gasteiger charge is -2.40. The summed E-state index contributed by atoms with van der Waals surface area (Å²) in [5.41, 5.74) is 0. The maximum absolute atomic E-state index is 13.0. The molecule has 1 aliphatic rings. The summed E-state index contributed by atoms with van der Waals surface area (Å²) >= 11 is 0. The monoisotopic (exact) mass is 802 g/mol. The van der Waals surface area contributed by atoms with E-state index >= 15 is 0 Å². The molecule has 1 heterocycles. The molecule has 0 aromatic carbocycles. The van der Waals surface area contributed by atoms with E-state index in [9.17, 15) is 35.4 Å². The van der Waals surface area contributed by atoms with Crippen LogP contribution in [0.15, 0.2) is 0 Å². The predicted molar refractivity (Wildman–Crippen MR) is 227 cm³/mol. The van der Waals surface area contributed by atoms with Crippen molar-refractivity contribution >= 4 is 5.91 Å². The van der Waals surface area contributed by atoms with Gasteiger partial charge in [0.25, 0.3) is 0 Å². The lowest BCUT2D eigenvalue weighted by atomic mass is 9.98. The predicted octanol–water partition coefficient (Wildman–Crippen LogP) is 8.92. The van der Waals surface area contributed by atoms with Crippen molar-refractivity contribution in [1.29, 1.82) is 0 Å². The second-order valence-corrected chi connectivity index (χ2v) is 17.1. The van der Waals surface area contributed by atoms with Gasteiger partial charge >= 0.3 is 0 Å². The van der Waals surface area contributed by atoms with Crippen molar-refractivity contribution in [2.75, 3.05) is 13.2 Å². The molecule has 0 bridgehead atoms. The first-order valence-electron chi connectivity index (χ1n) is 23.8. The van der Waals surface area contributed by atoms with Gasteiger partial charge in [-0.1, -0.05) is 206 Å². The molecule has 0 saturated carbocycles. The maximum Gasteiger partial charge on any atom is 0.220 e. The Hall–Kier alpha value is -0.850. The molecule has 2 unspecified atom stereocenters. The van der Waals surface area contributed by atoms with E-state index in [4.69, 9.17) is 9.47 Å². The average molecular weight is 802 g/mol. The van der Waals surface area contributed by atoms with Crippen LogP contribution in [0.5, 0.6) is 0 Å². The van der Waals surface area contributed by atoms with Crippen molar-refractivity contribution in [2.24, 2.45) is 0 Å². The summed E-state index contributed by atoms with van der Waals surface area (Å²) in [5.74, 6) is -0.254. The Bertz CT molecular complexity index is 864. The van der Waals surface area contributed by atoms with Gasteiger partial charge in [0.2, 0.25) is 5.91 Å². The SMILES string of the molecule is CCCCCCCCCCCCCCCCCCCC(=O)N[C@@H](CO[C@@H]1O[C@H](CO)[C@H](O)C(O)C1O)[C@H](O)[C@H](O)CCCCCCCCCCCCCCCC. The summed E-state index contributed by atoms with van der Waals surface area (Å²) in [6.45, 7) is 3.62. The van der Waals surface area contributed by atoms with E-state index < -0.39 is 55.6 Å². The van der Waals surface area contributed by atoms with Crippen molar-refractivity contribution in [3.05, 3.63) is 0 Å². The third kappa shape index (κ3) is 27.0. The topological polar surface area (TPSA) is 169 Å². The van der Waals surface area contributed by atoms with Crippen LogP contribution in [0.4, 0.5) is 0 Å². The molecular weight excluding hydrogens is 711 g/mol. The highest BCUT2D eigenvalue weighted by Gasteiger charge is 2.44. The fourth-order valence-electron chi connectivity index (χ4n) is 7.91. The summed E-state index contributed by atoms with van der Waals surface area (Å²) in [6, 6.07) is -0.984. The first-order valence-corrected chi connectivity index (χ1v) is 23.8. The minimum Gasteiger partial charge on any atom is -0.394 e. The van der Waals surface area contributed by atoms with Gasteiger partial charge < -0.3 is 45.4 Å². The minimum absolute atomic E-state index is 0.254. The van der Waals surface area contributed by atoms with Gasteiger partial charge in [-0.15, -0.1) is 0 Å². The number of hydrogen-bond acceptors (Lipinski definition) is 9. The quantitative estimate of drug-likeness (QED) is 0.0299. The zero-order chi connectivity index (χ0) is 41.1. The standard InChI is InChI=1S/C46H91NO9/c1-3-5-7-9-11-13-15-17-19-20-21-23-25-27-29-31-33-35-41(50)47-38(37-55-46-45(54)44(53)43(52)40(36-48)56-46)42(51)39(49)34-32-30-28-26-24-22-18-16-14-12-10-8-6-4-2/h38-40,42-46,48-49,51-54H,3-37H2,1-2H3,(H,47,50)/t38-,39+,40+,42-,43-,44?,45?,46+/m0/s1. The van der Waals surface area contributed by atoms with E-state index in [2.05, 4.69) is 19.2 Å². The first kappa shape index (κ1) is 53.2. The van der Waals surface area contributed by atoms with E-state index in [-0.39, 0.29) is 18.9 Å². The highest BCUT2D eigenvalue weighted by molar-refractivity contribution is 5.76. The molecule has 56 heavy (non-hydrogen) atoms. The number of unbranched alkanes of at least 4 members (excludes halogenated alkanes) is 29. The normalized spacial score (nSPS) is 21.6. The Balaban J connectivity index is 2.37. The molecule has 1 amide bonds. The van der Waals surface area contributed by atoms with Crippen molar-refractivity contribution in [3.8, 4) is 0 Å². The molecule has 0 aromatic heterocycles. The molecule has 10 heteroatoms. The number of aliphatic hydroxyl groups excluding tert-OH is 6. The van der Waals surface area contributed by atoms with Crippen LogP contribution in [0, 0.1) is 0 Å². The van der Waals surface area contributed by atoms with Crippen LogP contribution in [-0.2, 0) is 14.3 Å². The number of hydrogen-bond donors (Lipinski definition) is 7. The third-order valence-electron chi connectivity index (χ3n) is 11.8. The summed E-state index contributed by atoms with van der Waals surface area (Å²) in [5, 5.41) is 65.2. The fourth-order valence-corrected chi connectivity index (χ4v) is 7.91. The van der Waals surface area contributed by atoms with Crippen molar-refractivity contribution < 1.29 is 44.9 Å². The van der Waals surface area contributed by atoms with Crippen LogP contribution in [0.1, 0.15) is 226 Å². The summed E-state index contributed by atoms with van der Waals surface area (Å²) < 4.78 is 11.2. The Morgan fingerprint density at radius 2 is 0.929 bits per heavy atom. The largest absolute Gasteiger partial charge is 0.394 e. The van der Waals surface area contributed by atoms with E-state index in [1.807, 2.05) is 0 Å². The lowest BCUT2D eigenvalue weighted by Crippen LogP contribution is -2.60. The number of aliphatic hydroxyl groups is 6. The number of carbonyl (C=O) groups excluding carboxylic acids is 1. The fraction of sp³-hybridized carbons (Fsp3) is 0.978. The Morgan fingerprint density at radius 1 is 0.554 bits per heavy atom. The second-order valence-electron chi connectivity index (χ2n) is 17.1. The van der Waals surface area contributed by atoms with Crippen molar-refractivity contribution in [1.82, 2.24) is 5.32 Å². The molecule has 0 aromatic rings. The van der Waals surface area contributed by atoms with Crippen LogP contribution in [0.2, 0.25) is 0 Å². The number of amides is 1. The van der Waals surface area contributed by atoms with Gasteiger partial charge in [0.15, 0.2) is 6.29 Å². The number of ether oxygens (including phenoxy) is 2. The molecule has 7 N–H and O–H groups in total. The van der Waals surface area contributed by atoms with Gasteiger partial charge in [-0.25, -0.2) is 0 Å². The Labute approximate surface area is 343 Å². The van der Waals surface area contributed by atoms with E-state index in [1.54, 1.807) is 0 Å². The van der Waals surface area contributed by atoms with Gasteiger partial charge in [-0.3, -0.25) is 4.79 Å². The summed E-state index contributed by atoms with van der Waals surface area (Å²) in [7, 11) is 0. The highest BCUT2D eigenvalue weighted by atomic mass is 16.7. The van der Waals surface area contributed by atoms with E-state index in [0.717, 1.165) is 38.5 Å². The minimum atomic E-state index is -1.60. The Kier molecular flexibility index (Phi) is 35.3. The van der Waals surface area contributed by atoms with Crippen LogP contribution in [-0.4, -0.2) is 98.7 Å². The van der Waals surface area contributed by atoms with Gasteiger partial charge in [0.1, 0.15) is 30.5 Å². The summed E-state index contributed by atoms with van der Waals surface area (Å²) in [4.78, 5) is 13.0. The molecule has 1 saturated heterocycles. The highest BCUT2D eigenvalue weighted by Crippen LogP contribution is 2.23. The molecule has 1 rings (SSSR count). The second kappa shape index (κ2) is 37.2. The van der Waals surface area contributed by atoms with Crippen LogP contribution >= 0.6 is 0 Å². The number of carbonyl (C=O) groups is 1. The molecule has 0 radical (unpaired) electrons. The molecule has 334 valence electrons. The number of nitrogens with one attached hydrogen (secondary N) is 1. The molecule has 0 aliphatic carbocycles. The van der Waals surface area contributed by atoms with Gasteiger partial charge in [-0.05, 0) is 12.8 Å². The lowest BCUT2D eigenvalue weighted by molar-refractivity contribution is -0.303. The van der Waals surface area contributed by atoms with Crippen molar-refractivity contribution in [3.63, 3.8) is 0 Å². The molecule has 1 fully saturated rings. The smallest absolute Gasteiger partial charge is 0.220 e. The summed E-state index contributed by atoms with van der Waals surface area (Å²) in [6.07, 6.45) is 29.6. The number of rotatable bonds is 40. The van der Waals surface area contributed by atoms with Crippen LogP contribution in [0.25, 0.3) is 0 Å². The van der Waals surface area contributed by atoms with Crippen LogP contribution in [0.3, 0.4) is 0 Å². The molecule has 1 aliphatic heterocycles. The van der Waals surface area contributed by atoms with E-state index in [1.165, 1.54) is 161 Å². The molecule has 8 atom stereocenters. The molecular formula is C46H91NO9. The van der Waals surface area contributed by atoms with Crippen LogP contribution < -0.4 is 5.32 Å². The molecule has 0 spiro atoms. The molecule has 10 nitrogen and oxygen atoms in total. The Morgan fingerprint density at radius 3 is 1.32 bits per heavy atom. The van der Waals surface area contributed by atoms with Gasteiger partial charge in [-0.2, -0.15) is 0 Å². The maximum atomic E-state index is 13.0.